The zero-order chi connectivity index (χ0) is 30.3. The van der Waals surface area contributed by atoms with Crippen molar-refractivity contribution in [2.45, 2.75) is 43.6 Å². The Morgan fingerprint density at radius 3 is 2.05 bits per heavy atom. The summed E-state index contributed by atoms with van der Waals surface area (Å²) in [4.78, 5) is 50.2. The molecule has 0 unspecified atom stereocenters. The van der Waals surface area contributed by atoms with Crippen molar-refractivity contribution in [3.05, 3.63) is 96.1 Å². The summed E-state index contributed by atoms with van der Waals surface area (Å²) in [5, 5.41) is 28.9. The van der Waals surface area contributed by atoms with Gasteiger partial charge in [0.25, 0.3) is 5.91 Å². The molecule has 0 radical (unpaired) electrons. The highest BCUT2D eigenvalue weighted by Gasteiger charge is 2.59. The standard InChI is InChI=1S/C31H31NO10/c1-20(32(18-27(33)34)29(37)31(30(38)39)40-19-26(42-31)28(35)36)25(17-12-21-8-4-2-5-9-21)22-13-15-24(16-14-22)41-23-10-6-3-7-11-23/h2-11,13-16,20,25-26H,12,17-19H2,1H3,(H,33,34)(H,35,36)(H,38,39)/t20-,25+,26+,31+/m1/s1. The minimum Gasteiger partial charge on any atom is -0.480 e. The molecular formula is C31H31NO10. The van der Waals surface area contributed by atoms with Crippen LogP contribution in [0.2, 0.25) is 0 Å². The minimum atomic E-state index is -3.00. The zero-order valence-electron chi connectivity index (χ0n) is 22.8. The molecule has 1 aliphatic rings. The fourth-order valence-electron chi connectivity index (χ4n) is 4.91. The van der Waals surface area contributed by atoms with Gasteiger partial charge in [-0.2, -0.15) is 0 Å². The molecule has 3 N–H and O–H groups in total. The number of hydrogen-bond donors (Lipinski definition) is 3. The van der Waals surface area contributed by atoms with E-state index in [0.29, 0.717) is 24.3 Å². The summed E-state index contributed by atoms with van der Waals surface area (Å²) in [5.74, 6) is -8.34. The van der Waals surface area contributed by atoms with Crippen LogP contribution in [0.4, 0.5) is 0 Å². The van der Waals surface area contributed by atoms with Crippen molar-refractivity contribution in [2.75, 3.05) is 13.2 Å². The molecule has 11 heteroatoms. The molecule has 4 atom stereocenters. The molecule has 1 heterocycles. The Hall–Kier alpha value is -4.74. The minimum absolute atomic E-state index is 0.465. The van der Waals surface area contributed by atoms with Crippen LogP contribution in [0.15, 0.2) is 84.9 Å². The van der Waals surface area contributed by atoms with Gasteiger partial charge in [0, 0.05) is 12.0 Å². The maximum atomic E-state index is 13.7. The third-order valence-corrected chi connectivity index (χ3v) is 7.10. The number of carboxylic acid groups (broad SMARTS) is 3. The lowest BCUT2D eigenvalue weighted by molar-refractivity contribution is -0.216. The first kappa shape index (κ1) is 30.2. The van der Waals surface area contributed by atoms with Crippen molar-refractivity contribution in [3.8, 4) is 11.5 Å². The largest absolute Gasteiger partial charge is 0.480 e. The first-order chi connectivity index (χ1) is 20.1. The Bertz CT molecular complexity index is 1400. The van der Waals surface area contributed by atoms with Gasteiger partial charge in [0.15, 0.2) is 6.10 Å². The van der Waals surface area contributed by atoms with Crippen molar-refractivity contribution in [1.29, 1.82) is 0 Å². The lowest BCUT2D eigenvalue weighted by atomic mass is 9.85. The van der Waals surface area contributed by atoms with Crippen molar-refractivity contribution in [3.63, 3.8) is 0 Å². The quantitative estimate of drug-likeness (QED) is 0.255. The van der Waals surface area contributed by atoms with Gasteiger partial charge in [-0.1, -0.05) is 60.7 Å². The first-order valence-electron chi connectivity index (χ1n) is 13.3. The lowest BCUT2D eigenvalue weighted by Crippen LogP contribution is -2.59. The highest BCUT2D eigenvalue weighted by atomic mass is 16.8. The van der Waals surface area contributed by atoms with Crippen molar-refractivity contribution < 1.29 is 48.7 Å². The number of carbonyl (C=O) groups excluding carboxylic acids is 1. The van der Waals surface area contributed by atoms with Gasteiger partial charge < -0.3 is 34.4 Å². The second kappa shape index (κ2) is 13.3. The molecule has 3 aromatic rings. The Kier molecular flexibility index (Phi) is 9.56. The normalized spacial score (nSPS) is 19.4. The molecular weight excluding hydrogens is 546 g/mol. The molecule has 3 aromatic carbocycles. The van der Waals surface area contributed by atoms with E-state index in [1.54, 1.807) is 19.1 Å². The maximum absolute atomic E-state index is 13.7. The van der Waals surface area contributed by atoms with Gasteiger partial charge in [-0.05, 0) is 55.2 Å². The number of para-hydroxylation sites is 1. The average molecular weight is 578 g/mol. The van der Waals surface area contributed by atoms with Crippen LogP contribution in [0.3, 0.4) is 0 Å². The molecule has 0 saturated carbocycles. The molecule has 1 amide bonds. The van der Waals surface area contributed by atoms with Gasteiger partial charge in [-0.3, -0.25) is 9.59 Å². The predicted molar refractivity (Wildman–Crippen MR) is 148 cm³/mol. The molecule has 0 bridgehead atoms. The number of carboxylic acids is 3. The molecule has 1 saturated heterocycles. The summed E-state index contributed by atoms with van der Waals surface area (Å²) >= 11 is 0. The number of aliphatic carboxylic acids is 3. The summed E-state index contributed by atoms with van der Waals surface area (Å²) in [7, 11) is 0. The van der Waals surface area contributed by atoms with E-state index in [0.717, 1.165) is 16.0 Å². The van der Waals surface area contributed by atoms with Crippen LogP contribution in [0, 0.1) is 0 Å². The summed E-state index contributed by atoms with van der Waals surface area (Å²) < 4.78 is 16.1. The van der Waals surface area contributed by atoms with Crippen LogP contribution in [0.25, 0.3) is 0 Å². The number of hydrogen-bond acceptors (Lipinski definition) is 7. The number of ether oxygens (including phenoxy) is 3. The van der Waals surface area contributed by atoms with E-state index in [4.69, 9.17) is 14.2 Å². The van der Waals surface area contributed by atoms with Crippen LogP contribution in [0.1, 0.15) is 30.4 Å². The van der Waals surface area contributed by atoms with Crippen LogP contribution in [0.5, 0.6) is 11.5 Å². The highest BCUT2D eigenvalue weighted by molar-refractivity contribution is 6.05. The fraction of sp³-hybridized carbons (Fsp3) is 0.290. The van der Waals surface area contributed by atoms with Crippen molar-refractivity contribution >= 4 is 23.8 Å². The number of benzene rings is 3. The van der Waals surface area contributed by atoms with E-state index in [-0.39, 0.29) is 0 Å². The van der Waals surface area contributed by atoms with Gasteiger partial charge in [-0.25, -0.2) is 9.59 Å². The topological polar surface area (TPSA) is 160 Å². The molecule has 0 aliphatic carbocycles. The average Bonchev–Trinajstić information content (AvgIpc) is 3.45. The Balaban J connectivity index is 1.67. The van der Waals surface area contributed by atoms with Crippen LogP contribution >= 0.6 is 0 Å². The summed E-state index contributed by atoms with van der Waals surface area (Å²) in [6.45, 7) is 0.0591. The molecule has 1 fully saturated rings. The van der Waals surface area contributed by atoms with E-state index in [1.165, 1.54) is 0 Å². The molecule has 1 aliphatic heterocycles. The van der Waals surface area contributed by atoms with E-state index in [2.05, 4.69) is 0 Å². The highest BCUT2D eigenvalue weighted by Crippen LogP contribution is 2.34. The summed E-state index contributed by atoms with van der Waals surface area (Å²) in [6.07, 6.45) is -0.670. The fourth-order valence-corrected chi connectivity index (χ4v) is 4.91. The van der Waals surface area contributed by atoms with Gasteiger partial charge in [0.2, 0.25) is 0 Å². The van der Waals surface area contributed by atoms with Crippen LogP contribution in [-0.4, -0.2) is 75.1 Å². The third kappa shape index (κ3) is 6.93. The second-order valence-electron chi connectivity index (χ2n) is 9.86. The number of amides is 1. The molecule has 11 nitrogen and oxygen atoms in total. The van der Waals surface area contributed by atoms with Gasteiger partial charge in [-0.15, -0.1) is 0 Å². The Morgan fingerprint density at radius 1 is 0.905 bits per heavy atom. The Morgan fingerprint density at radius 2 is 1.50 bits per heavy atom. The third-order valence-electron chi connectivity index (χ3n) is 7.10. The van der Waals surface area contributed by atoms with Gasteiger partial charge in [0.05, 0.1) is 6.61 Å². The molecule has 0 aromatic heterocycles. The second-order valence-corrected chi connectivity index (χ2v) is 9.86. The Labute approximate surface area is 241 Å². The summed E-state index contributed by atoms with van der Waals surface area (Å²) in [6, 6.07) is 25.0. The first-order valence-corrected chi connectivity index (χ1v) is 13.3. The smallest absolute Gasteiger partial charge is 0.375 e. The molecule has 220 valence electrons. The summed E-state index contributed by atoms with van der Waals surface area (Å²) in [5.41, 5.74) is 1.77. The SMILES string of the molecule is C[C@H]([C@H](CCc1ccccc1)c1ccc(Oc2ccccc2)cc1)N(CC(=O)O)C(=O)[C@]1(C(=O)O)OC[C@@H](C(=O)O)O1. The molecule has 0 spiro atoms. The van der Waals surface area contributed by atoms with Gasteiger partial charge >= 0.3 is 23.7 Å². The lowest BCUT2D eigenvalue weighted by Gasteiger charge is -2.37. The number of aryl methyl sites for hydroxylation is 1. The monoisotopic (exact) mass is 577 g/mol. The number of nitrogens with zero attached hydrogens (tertiary/aromatic N) is 1. The van der Waals surface area contributed by atoms with Gasteiger partial charge in [0.1, 0.15) is 18.0 Å². The zero-order valence-corrected chi connectivity index (χ0v) is 22.8. The van der Waals surface area contributed by atoms with E-state index in [1.807, 2.05) is 72.8 Å². The van der Waals surface area contributed by atoms with Crippen molar-refractivity contribution in [2.24, 2.45) is 0 Å². The maximum Gasteiger partial charge on any atom is 0.375 e. The number of rotatable bonds is 13. The molecule has 42 heavy (non-hydrogen) atoms. The predicted octanol–water partition coefficient (Wildman–Crippen LogP) is 3.78. The van der Waals surface area contributed by atoms with E-state index in [9.17, 15) is 34.5 Å². The van der Waals surface area contributed by atoms with Crippen LogP contribution in [-0.2, 0) is 35.1 Å². The van der Waals surface area contributed by atoms with E-state index < -0.39 is 60.8 Å². The van der Waals surface area contributed by atoms with E-state index >= 15 is 0 Å². The van der Waals surface area contributed by atoms with Crippen molar-refractivity contribution in [1.82, 2.24) is 4.90 Å². The van der Waals surface area contributed by atoms with Crippen LogP contribution < -0.4 is 4.74 Å². The molecule has 4 rings (SSSR count). The number of carbonyl (C=O) groups is 4.